The van der Waals surface area contributed by atoms with Crippen molar-refractivity contribution in [3.05, 3.63) is 45.8 Å². The molecule has 2 N–H and O–H groups in total. The summed E-state index contributed by atoms with van der Waals surface area (Å²) in [6.07, 6.45) is 1.92. The summed E-state index contributed by atoms with van der Waals surface area (Å²) in [5, 5.41) is 21.1. The fraction of sp³-hybridized carbons (Fsp3) is 0.400. The van der Waals surface area contributed by atoms with Crippen LogP contribution in [0, 0.1) is 10.1 Å². The number of carbonyl (C=O) groups is 1. The van der Waals surface area contributed by atoms with E-state index >= 15 is 0 Å². The van der Waals surface area contributed by atoms with E-state index in [1.807, 2.05) is 0 Å². The van der Waals surface area contributed by atoms with Gasteiger partial charge in [0.05, 0.1) is 4.92 Å². The van der Waals surface area contributed by atoms with Crippen molar-refractivity contribution in [2.24, 2.45) is 7.05 Å². The number of benzene rings is 1. The lowest BCUT2D eigenvalue weighted by molar-refractivity contribution is -0.384. The monoisotopic (exact) mass is 330 g/mol. The fourth-order valence-electron chi connectivity index (χ4n) is 2.70. The zero-order valence-corrected chi connectivity index (χ0v) is 13.2. The number of rotatable bonds is 4. The minimum Gasteiger partial charge on any atom is -0.317 e. The standard InChI is InChI=1S/C15H18N6O3/c1-20-15(17-13(19-20)10-5-7-16-8-6-10)18-14(22)11-3-2-4-12(9-11)21(23)24/h2-4,9-10,16H,5-8H2,1H3,(H,17,18,19,22). The van der Waals surface area contributed by atoms with Gasteiger partial charge in [-0.05, 0) is 32.0 Å². The van der Waals surface area contributed by atoms with Crippen LogP contribution in [0.4, 0.5) is 11.6 Å². The lowest BCUT2D eigenvalue weighted by Crippen LogP contribution is -2.27. The van der Waals surface area contributed by atoms with Crippen LogP contribution in [0.15, 0.2) is 24.3 Å². The van der Waals surface area contributed by atoms with Crippen LogP contribution < -0.4 is 10.6 Å². The van der Waals surface area contributed by atoms with Crippen molar-refractivity contribution in [1.82, 2.24) is 20.1 Å². The molecule has 24 heavy (non-hydrogen) atoms. The molecule has 1 aromatic carbocycles. The van der Waals surface area contributed by atoms with E-state index in [2.05, 4.69) is 20.7 Å². The highest BCUT2D eigenvalue weighted by Gasteiger charge is 2.21. The maximum absolute atomic E-state index is 12.3. The lowest BCUT2D eigenvalue weighted by Gasteiger charge is -2.19. The first kappa shape index (κ1) is 16.1. The van der Waals surface area contributed by atoms with Crippen molar-refractivity contribution in [2.45, 2.75) is 18.8 Å². The molecule has 1 amide bonds. The summed E-state index contributed by atoms with van der Waals surface area (Å²) in [5.74, 6) is 0.875. The maximum Gasteiger partial charge on any atom is 0.270 e. The molecule has 126 valence electrons. The van der Waals surface area contributed by atoms with E-state index in [9.17, 15) is 14.9 Å². The maximum atomic E-state index is 12.3. The van der Waals surface area contributed by atoms with E-state index in [1.165, 1.54) is 28.9 Å². The van der Waals surface area contributed by atoms with E-state index in [4.69, 9.17) is 0 Å². The third-order valence-corrected chi connectivity index (χ3v) is 4.03. The zero-order valence-electron chi connectivity index (χ0n) is 13.2. The number of anilines is 1. The lowest BCUT2D eigenvalue weighted by atomic mass is 9.98. The first-order valence-corrected chi connectivity index (χ1v) is 7.72. The van der Waals surface area contributed by atoms with Gasteiger partial charge in [0.15, 0.2) is 5.82 Å². The summed E-state index contributed by atoms with van der Waals surface area (Å²) in [6, 6.07) is 5.57. The number of hydrogen-bond donors (Lipinski definition) is 2. The van der Waals surface area contributed by atoms with Crippen LogP contribution in [-0.2, 0) is 7.05 Å². The van der Waals surface area contributed by atoms with Crippen LogP contribution in [0.3, 0.4) is 0 Å². The van der Waals surface area contributed by atoms with E-state index in [0.717, 1.165) is 25.9 Å². The molecule has 1 aromatic heterocycles. The molecule has 0 saturated carbocycles. The number of aromatic nitrogens is 3. The molecule has 1 aliphatic heterocycles. The first-order valence-electron chi connectivity index (χ1n) is 7.72. The van der Waals surface area contributed by atoms with Gasteiger partial charge in [-0.25, -0.2) is 4.68 Å². The van der Waals surface area contributed by atoms with E-state index in [-0.39, 0.29) is 17.2 Å². The second-order valence-electron chi connectivity index (χ2n) is 5.70. The summed E-state index contributed by atoms with van der Waals surface area (Å²) in [6.45, 7) is 1.86. The third kappa shape index (κ3) is 3.40. The molecule has 1 fully saturated rings. The minimum atomic E-state index is -0.533. The second kappa shape index (κ2) is 6.75. The minimum absolute atomic E-state index is 0.129. The smallest absolute Gasteiger partial charge is 0.270 e. The largest absolute Gasteiger partial charge is 0.317 e. The summed E-state index contributed by atoms with van der Waals surface area (Å²) in [4.78, 5) is 27.0. The summed E-state index contributed by atoms with van der Waals surface area (Å²) in [5.41, 5.74) is 0.0756. The molecule has 9 heteroatoms. The van der Waals surface area contributed by atoms with Crippen LogP contribution in [0.25, 0.3) is 0 Å². The topological polar surface area (TPSA) is 115 Å². The van der Waals surface area contributed by atoms with E-state index < -0.39 is 10.8 Å². The predicted octanol–water partition coefficient (Wildman–Crippen LogP) is 1.44. The van der Waals surface area contributed by atoms with Gasteiger partial charge in [0.1, 0.15) is 0 Å². The highest BCUT2D eigenvalue weighted by molar-refractivity contribution is 6.03. The summed E-state index contributed by atoms with van der Waals surface area (Å²) in [7, 11) is 1.71. The van der Waals surface area contributed by atoms with Gasteiger partial charge < -0.3 is 5.32 Å². The predicted molar refractivity (Wildman–Crippen MR) is 86.9 cm³/mol. The molecule has 9 nitrogen and oxygen atoms in total. The van der Waals surface area contributed by atoms with Crippen molar-refractivity contribution in [2.75, 3.05) is 18.4 Å². The number of hydrogen-bond acceptors (Lipinski definition) is 6. The van der Waals surface area contributed by atoms with Gasteiger partial charge in [-0.3, -0.25) is 20.2 Å². The molecule has 0 atom stereocenters. The fourth-order valence-corrected chi connectivity index (χ4v) is 2.70. The van der Waals surface area contributed by atoms with Crippen LogP contribution in [-0.4, -0.2) is 38.7 Å². The number of nitrogens with zero attached hydrogens (tertiary/aromatic N) is 4. The average molecular weight is 330 g/mol. The number of non-ortho nitro benzene ring substituents is 1. The number of nitrogens with one attached hydrogen (secondary N) is 2. The third-order valence-electron chi connectivity index (χ3n) is 4.03. The van der Waals surface area contributed by atoms with Crippen molar-refractivity contribution >= 4 is 17.5 Å². The molecule has 0 aliphatic carbocycles. The van der Waals surface area contributed by atoms with Gasteiger partial charge in [-0.1, -0.05) is 6.07 Å². The molecule has 0 spiro atoms. The Balaban J connectivity index is 1.76. The molecule has 2 aromatic rings. The summed E-state index contributed by atoms with van der Waals surface area (Å²) < 4.78 is 1.52. The Hall–Kier alpha value is -2.81. The first-order chi connectivity index (χ1) is 11.5. The number of nitro benzene ring substituents is 1. The number of amides is 1. The molecule has 0 radical (unpaired) electrons. The Labute approximate surface area is 138 Å². The molecule has 0 unspecified atom stereocenters. The second-order valence-corrected chi connectivity index (χ2v) is 5.70. The Morgan fingerprint density at radius 2 is 2.17 bits per heavy atom. The number of nitro groups is 1. The number of aryl methyl sites for hydroxylation is 1. The van der Waals surface area contributed by atoms with Crippen LogP contribution in [0.2, 0.25) is 0 Å². The average Bonchev–Trinajstić information content (AvgIpc) is 2.96. The summed E-state index contributed by atoms with van der Waals surface area (Å²) >= 11 is 0. The SMILES string of the molecule is Cn1nc(C2CCNCC2)nc1NC(=O)c1cccc([N+](=O)[O-])c1. The van der Waals surface area contributed by atoms with Crippen molar-refractivity contribution in [3.63, 3.8) is 0 Å². The van der Waals surface area contributed by atoms with Crippen LogP contribution in [0.1, 0.15) is 34.9 Å². The van der Waals surface area contributed by atoms with Gasteiger partial charge in [0.25, 0.3) is 11.6 Å². The van der Waals surface area contributed by atoms with Gasteiger partial charge in [0.2, 0.25) is 5.95 Å². The quantitative estimate of drug-likeness (QED) is 0.647. The molecule has 1 saturated heterocycles. The van der Waals surface area contributed by atoms with Crippen molar-refractivity contribution in [3.8, 4) is 0 Å². The molecule has 3 rings (SSSR count). The molecule has 1 aliphatic rings. The Kier molecular flexibility index (Phi) is 4.52. The van der Waals surface area contributed by atoms with Crippen molar-refractivity contribution < 1.29 is 9.72 Å². The Morgan fingerprint density at radius 3 is 2.88 bits per heavy atom. The van der Waals surface area contributed by atoms with Gasteiger partial charge in [-0.15, -0.1) is 0 Å². The van der Waals surface area contributed by atoms with Crippen LogP contribution >= 0.6 is 0 Å². The van der Waals surface area contributed by atoms with Crippen molar-refractivity contribution in [1.29, 1.82) is 0 Å². The van der Waals surface area contributed by atoms with Crippen LogP contribution in [0.5, 0.6) is 0 Å². The molecule has 0 bridgehead atoms. The Morgan fingerprint density at radius 1 is 1.42 bits per heavy atom. The van der Waals surface area contributed by atoms with E-state index in [0.29, 0.717) is 11.8 Å². The highest BCUT2D eigenvalue weighted by atomic mass is 16.6. The van der Waals surface area contributed by atoms with Gasteiger partial charge >= 0.3 is 0 Å². The Bertz CT molecular complexity index is 766. The molecular weight excluding hydrogens is 312 g/mol. The number of carbonyl (C=O) groups excluding carboxylic acids is 1. The van der Waals surface area contributed by atoms with Gasteiger partial charge in [0, 0.05) is 30.7 Å². The van der Waals surface area contributed by atoms with E-state index in [1.54, 1.807) is 7.05 Å². The number of piperidine rings is 1. The highest BCUT2D eigenvalue weighted by Crippen LogP contribution is 2.23. The normalized spacial score (nSPS) is 15.2. The van der Waals surface area contributed by atoms with Gasteiger partial charge in [-0.2, -0.15) is 10.1 Å². The molecular formula is C15H18N6O3. The molecule has 2 heterocycles. The zero-order chi connectivity index (χ0) is 17.1.